The highest BCUT2D eigenvalue weighted by molar-refractivity contribution is 5.82. The molecule has 1 saturated heterocycles. The Kier molecular flexibility index (Phi) is 10.3. The van der Waals surface area contributed by atoms with Crippen LogP contribution in [0.15, 0.2) is 97.1 Å². The van der Waals surface area contributed by atoms with Gasteiger partial charge in [-0.3, -0.25) is 0 Å². The van der Waals surface area contributed by atoms with Gasteiger partial charge < -0.3 is 23.8 Å². The largest absolute Gasteiger partial charge is 0.528 e. The topological polar surface area (TPSA) is 66.5 Å². The van der Waals surface area contributed by atoms with Gasteiger partial charge in [-0.15, -0.1) is 5.06 Å². The summed E-state index contributed by atoms with van der Waals surface area (Å²) in [5.41, 5.74) is 2.78. The lowest BCUT2D eigenvalue weighted by Crippen LogP contribution is -2.45. The molecule has 0 N–H and O–H groups in total. The van der Waals surface area contributed by atoms with E-state index in [4.69, 9.17) is 23.8 Å². The van der Waals surface area contributed by atoms with Gasteiger partial charge >= 0.3 is 6.16 Å². The van der Waals surface area contributed by atoms with Crippen LogP contribution in [0.3, 0.4) is 0 Å². The maximum atomic E-state index is 12.4. The number of piperidine rings is 1. The van der Waals surface area contributed by atoms with E-state index in [-0.39, 0.29) is 12.0 Å². The number of carbonyl (C=O) groups is 1. The summed E-state index contributed by atoms with van der Waals surface area (Å²) in [4.78, 5) is 17.9. The number of nitrogens with zero attached hydrogens (tertiary/aromatic N) is 1. The quantitative estimate of drug-likeness (QED) is 0.133. The Balaban J connectivity index is 1.20. The fraction of sp³-hybridized carbons (Fsp3) is 0.361. The van der Waals surface area contributed by atoms with Crippen molar-refractivity contribution in [3.63, 3.8) is 0 Å². The van der Waals surface area contributed by atoms with Crippen LogP contribution in [0.5, 0.6) is 5.75 Å². The number of fused-ring (bicyclic) bond motifs is 1. The number of hydrogen-bond acceptors (Lipinski definition) is 7. The lowest BCUT2D eigenvalue weighted by atomic mass is 9.87. The lowest BCUT2D eigenvalue weighted by molar-refractivity contribution is -0.179. The molecule has 4 aromatic carbocycles. The van der Waals surface area contributed by atoms with E-state index in [9.17, 15) is 4.79 Å². The molecule has 43 heavy (non-hydrogen) atoms. The van der Waals surface area contributed by atoms with Gasteiger partial charge in [0, 0.05) is 12.5 Å². The zero-order chi connectivity index (χ0) is 30.1. The second-order valence-corrected chi connectivity index (χ2v) is 11.8. The van der Waals surface area contributed by atoms with E-state index in [2.05, 4.69) is 42.5 Å². The van der Waals surface area contributed by atoms with Crippen LogP contribution < -0.4 is 4.74 Å². The van der Waals surface area contributed by atoms with E-state index >= 15 is 0 Å². The first kappa shape index (κ1) is 30.5. The first-order valence-electron chi connectivity index (χ1n) is 14.9. The number of benzene rings is 4. The molecule has 5 rings (SSSR count). The van der Waals surface area contributed by atoms with Gasteiger partial charge in [0.25, 0.3) is 0 Å². The maximum absolute atomic E-state index is 12.4. The Hall–Kier alpha value is -3.91. The second kappa shape index (κ2) is 14.5. The summed E-state index contributed by atoms with van der Waals surface area (Å²) < 4.78 is 23.6. The Bertz CT molecular complexity index is 1450. The second-order valence-electron chi connectivity index (χ2n) is 11.8. The average Bonchev–Trinajstić information content (AvgIpc) is 3.00. The van der Waals surface area contributed by atoms with Crippen molar-refractivity contribution < 1.29 is 28.6 Å². The number of hydrogen-bond donors (Lipinski definition) is 0. The Morgan fingerprint density at radius 3 is 2.33 bits per heavy atom. The fourth-order valence-corrected chi connectivity index (χ4v) is 5.22. The molecule has 0 amide bonds. The third kappa shape index (κ3) is 9.29. The molecule has 7 nitrogen and oxygen atoms in total. The van der Waals surface area contributed by atoms with Gasteiger partial charge in [-0.2, -0.15) is 0 Å². The predicted octanol–water partition coefficient (Wildman–Crippen LogP) is 7.68. The molecular formula is C36H41NO6. The van der Waals surface area contributed by atoms with Crippen molar-refractivity contribution >= 4 is 16.9 Å². The van der Waals surface area contributed by atoms with E-state index in [1.54, 1.807) is 5.06 Å². The molecule has 7 heteroatoms. The summed E-state index contributed by atoms with van der Waals surface area (Å²) in [7, 11) is 0. The molecular weight excluding hydrogens is 542 g/mol. The van der Waals surface area contributed by atoms with Gasteiger partial charge in [0.1, 0.15) is 18.0 Å². The Labute approximate surface area is 254 Å². The predicted molar refractivity (Wildman–Crippen MR) is 167 cm³/mol. The van der Waals surface area contributed by atoms with Crippen LogP contribution >= 0.6 is 0 Å². The Morgan fingerprint density at radius 1 is 0.814 bits per heavy atom. The third-order valence-electron chi connectivity index (χ3n) is 7.31. The van der Waals surface area contributed by atoms with Crippen LogP contribution in [-0.2, 0) is 32.3 Å². The SMILES string of the molecule is CC(C)(C)OC(=O)ON1CCC(c2ccc(OCCOCc3ccccc3)cc2)C(OCc2ccc3ccccc3c2)C1. The minimum absolute atomic E-state index is 0.127. The third-order valence-corrected chi connectivity index (χ3v) is 7.31. The molecule has 226 valence electrons. The van der Waals surface area contributed by atoms with Gasteiger partial charge in [0.15, 0.2) is 0 Å². The average molecular weight is 584 g/mol. The summed E-state index contributed by atoms with van der Waals surface area (Å²) in [6.45, 7) is 8.49. The molecule has 0 radical (unpaired) electrons. The standard InChI is InChI=1S/C36H41NO6/c1-36(2,3)42-35(38)43-37-20-19-33(34(24-37)41-26-28-13-14-29-11-7-8-12-31(29)23-28)30-15-17-32(18-16-30)40-22-21-39-25-27-9-5-4-6-10-27/h4-18,23,33-34H,19-22,24-26H2,1-3H3. The zero-order valence-corrected chi connectivity index (χ0v) is 25.2. The molecule has 1 aliphatic heterocycles. The molecule has 1 aliphatic rings. The smallest absolute Gasteiger partial charge is 0.491 e. The van der Waals surface area contributed by atoms with E-state index in [1.807, 2.05) is 75.4 Å². The monoisotopic (exact) mass is 583 g/mol. The zero-order valence-electron chi connectivity index (χ0n) is 25.2. The molecule has 1 fully saturated rings. The van der Waals surface area contributed by atoms with Crippen LogP contribution in [-0.4, -0.2) is 49.2 Å². The van der Waals surface area contributed by atoms with Gasteiger partial charge in [-0.05, 0) is 72.9 Å². The van der Waals surface area contributed by atoms with Crippen LogP contribution in [0.2, 0.25) is 0 Å². The van der Waals surface area contributed by atoms with Crippen molar-refractivity contribution in [2.45, 2.75) is 58.0 Å². The van der Waals surface area contributed by atoms with Crippen molar-refractivity contribution in [2.75, 3.05) is 26.3 Å². The molecule has 0 aliphatic carbocycles. The van der Waals surface area contributed by atoms with E-state index < -0.39 is 11.8 Å². The molecule has 0 saturated carbocycles. The molecule has 0 aromatic heterocycles. The number of ether oxygens (including phenoxy) is 4. The number of rotatable bonds is 11. The lowest BCUT2D eigenvalue weighted by Gasteiger charge is -2.37. The van der Waals surface area contributed by atoms with Crippen LogP contribution in [0.4, 0.5) is 4.79 Å². The van der Waals surface area contributed by atoms with Crippen LogP contribution in [0.25, 0.3) is 10.8 Å². The minimum atomic E-state index is -0.700. The van der Waals surface area contributed by atoms with Crippen LogP contribution in [0, 0.1) is 0 Å². The maximum Gasteiger partial charge on any atom is 0.528 e. The van der Waals surface area contributed by atoms with Gasteiger partial charge in [0.2, 0.25) is 0 Å². The molecule has 1 heterocycles. The highest BCUT2D eigenvalue weighted by atomic mass is 16.8. The van der Waals surface area contributed by atoms with Crippen molar-refractivity contribution in [3.8, 4) is 5.75 Å². The number of hydroxylamine groups is 2. The summed E-state index contributed by atoms with van der Waals surface area (Å²) in [5, 5.41) is 4.03. The Morgan fingerprint density at radius 2 is 1.56 bits per heavy atom. The van der Waals surface area contributed by atoms with E-state index in [1.165, 1.54) is 10.8 Å². The first-order chi connectivity index (χ1) is 20.8. The summed E-state index contributed by atoms with van der Waals surface area (Å²) >= 11 is 0. The molecule has 0 spiro atoms. The van der Waals surface area contributed by atoms with Gasteiger partial charge in [-0.1, -0.05) is 78.9 Å². The van der Waals surface area contributed by atoms with Gasteiger partial charge in [0.05, 0.1) is 32.5 Å². The normalized spacial score (nSPS) is 17.5. The van der Waals surface area contributed by atoms with E-state index in [0.29, 0.717) is 39.5 Å². The molecule has 2 atom stereocenters. The molecule has 0 bridgehead atoms. The molecule has 4 aromatic rings. The first-order valence-corrected chi connectivity index (χ1v) is 14.9. The van der Waals surface area contributed by atoms with Gasteiger partial charge in [-0.25, -0.2) is 4.79 Å². The fourth-order valence-electron chi connectivity index (χ4n) is 5.22. The van der Waals surface area contributed by atoms with Crippen molar-refractivity contribution in [1.29, 1.82) is 0 Å². The highest BCUT2D eigenvalue weighted by Crippen LogP contribution is 2.33. The van der Waals surface area contributed by atoms with E-state index in [0.717, 1.165) is 28.9 Å². The summed E-state index contributed by atoms with van der Waals surface area (Å²) in [6, 6.07) is 33.0. The van der Waals surface area contributed by atoms with Crippen LogP contribution in [0.1, 0.15) is 49.8 Å². The summed E-state index contributed by atoms with van der Waals surface area (Å²) in [5.74, 6) is 0.925. The summed E-state index contributed by atoms with van der Waals surface area (Å²) in [6.07, 6.45) is -0.132. The van der Waals surface area contributed by atoms with Crippen molar-refractivity contribution in [2.24, 2.45) is 0 Å². The van der Waals surface area contributed by atoms with Crippen molar-refractivity contribution in [1.82, 2.24) is 5.06 Å². The number of carbonyl (C=O) groups excluding carboxylic acids is 1. The highest BCUT2D eigenvalue weighted by Gasteiger charge is 2.34. The van der Waals surface area contributed by atoms with Crippen molar-refractivity contribution in [3.05, 3.63) is 114 Å². The minimum Gasteiger partial charge on any atom is -0.491 e. The molecule has 2 unspecified atom stereocenters.